The molecule has 7 rings (SSSR count). The number of hydrogen-bond donors (Lipinski definition) is 14. The average Bonchev–Trinajstić information content (AvgIpc) is 1.79. The Hall–Kier alpha value is -7.53. The molecule has 0 spiro atoms. The van der Waals surface area contributed by atoms with Crippen LogP contribution < -0.4 is 65.1 Å². The van der Waals surface area contributed by atoms with Gasteiger partial charge in [0.1, 0.15) is 30.2 Å². The smallest absolute Gasteiger partial charge is 0.315 e. The number of fused-ring (bicyclic) bond motifs is 2. The summed E-state index contributed by atoms with van der Waals surface area (Å²) in [4.78, 5) is 154. The molecule has 90 heavy (non-hydrogen) atoms. The molecule has 2 aromatic heterocycles. The Morgan fingerprint density at radius 1 is 0.711 bits per heavy atom. The first-order valence-corrected chi connectivity index (χ1v) is 32.4. The number of primary amides is 1. The van der Waals surface area contributed by atoms with Crippen molar-refractivity contribution in [3.05, 3.63) is 86.0 Å². The lowest BCUT2D eigenvalue weighted by molar-refractivity contribution is -0.139. The number of carbonyl (C=O) groups is 10. The zero-order valence-corrected chi connectivity index (χ0v) is 53.2. The zero-order chi connectivity index (χ0) is 64.9. The molecule has 17 N–H and O–H groups in total. The molecular formula is C58H77Cl4N17O10S. The number of hydrogen-bond acceptors (Lipinski definition) is 13. The first-order chi connectivity index (χ1) is 43.1. The summed E-state index contributed by atoms with van der Waals surface area (Å²) in [5.41, 5.74) is 18.8. The van der Waals surface area contributed by atoms with Gasteiger partial charge in [0.25, 0.3) is 0 Å². The summed E-state index contributed by atoms with van der Waals surface area (Å²) < 4.78 is 0. The predicted octanol–water partition coefficient (Wildman–Crippen LogP) is 2.03. The van der Waals surface area contributed by atoms with Gasteiger partial charge in [0.2, 0.25) is 53.2 Å². The molecule has 5 heterocycles. The maximum Gasteiger partial charge on any atom is 0.315 e. The second-order valence-corrected chi connectivity index (χ2v) is 25.2. The van der Waals surface area contributed by atoms with Crippen molar-refractivity contribution >= 4 is 134 Å². The lowest BCUT2D eigenvalue weighted by Crippen LogP contribution is -2.60. The number of nitrogens with two attached hydrogens (primary N) is 3. The first kappa shape index (κ1) is 69.9. The predicted molar refractivity (Wildman–Crippen MR) is 342 cm³/mol. The molecule has 0 bridgehead atoms. The Labute approximate surface area is 543 Å². The lowest BCUT2D eigenvalue weighted by atomic mass is 10.0. The van der Waals surface area contributed by atoms with Crippen LogP contribution in [0.5, 0.6) is 0 Å². The number of unbranched alkanes of at least 4 members (excludes halogenated alkanes) is 3. The fourth-order valence-electron chi connectivity index (χ4n) is 10.8. The van der Waals surface area contributed by atoms with Gasteiger partial charge in [-0.05, 0) is 74.6 Å². The topological polar surface area (TPSA) is 417 Å². The highest BCUT2D eigenvalue weighted by atomic mass is 35.5. The minimum absolute atomic E-state index is 0.00727. The van der Waals surface area contributed by atoms with Gasteiger partial charge in [0.15, 0.2) is 5.96 Å². The molecule has 27 nitrogen and oxygen atoms in total. The standard InChI is InChI=1S/C58H77Cl4N17O10S/c59-35-21-31(48(60)50(62)49(35)61)22-38-53(85)73-37(13-10-19-69-57(64)65)52(84)76-41(23-32-26-70-36-12-4-3-11-34(32)36)56(88)79(28-44(63)80)20-9-8-18-68-47(83)25-40(55(87)75-39(54(86)74-38)24-33-27-66-30-71-33)72-46(82)16-2-1-7-17-67-45(81)15-6-5-14-43-51-42(29-90-43)77-58(89)78-51/h3-4,11-12,21,26-27,30,37-43,51,70H,1-2,5-10,13-20,22-25,28-29H2,(H2,63,80)(H,66,71)(H,67,81)(H,68,83)(H,72,82)(H,73,85)(H,74,86)(H,75,87)(H,76,84)(H4,64,65,69)(H2,77,78,89)/t37-,38+,39-,40-,41-,42-,43-,51-/m0/s1. The minimum Gasteiger partial charge on any atom is -0.370 e. The number of aliphatic imine (C=N–C) groups is 1. The van der Waals surface area contributed by atoms with Gasteiger partial charge in [0.05, 0.1) is 51.5 Å². The van der Waals surface area contributed by atoms with E-state index in [9.17, 15) is 43.2 Å². The number of halogens is 4. The van der Waals surface area contributed by atoms with Crippen LogP contribution in [0, 0.1) is 0 Å². The monoisotopic (exact) mass is 1340 g/mol. The normalized spacial score (nSPS) is 22.3. The summed E-state index contributed by atoms with van der Waals surface area (Å²) in [5, 5.41) is 25.7. The van der Waals surface area contributed by atoms with Crippen LogP contribution >= 0.6 is 58.2 Å². The van der Waals surface area contributed by atoms with Gasteiger partial charge < -0.3 is 79.9 Å². The molecule has 3 aliphatic rings. The summed E-state index contributed by atoms with van der Waals surface area (Å²) in [5.74, 6) is -6.00. The fourth-order valence-corrected chi connectivity index (χ4v) is 13.3. The molecule has 4 aromatic rings. The summed E-state index contributed by atoms with van der Waals surface area (Å²) in [7, 11) is 0. The second-order valence-electron chi connectivity index (χ2n) is 22.3. The molecule has 3 fully saturated rings. The van der Waals surface area contributed by atoms with E-state index in [4.69, 9.17) is 63.6 Å². The maximum absolute atomic E-state index is 15.0. The van der Waals surface area contributed by atoms with Crippen molar-refractivity contribution in [1.29, 1.82) is 0 Å². The molecule has 0 saturated carbocycles. The third kappa shape index (κ3) is 21.0. The number of rotatable bonds is 24. The van der Waals surface area contributed by atoms with E-state index in [1.807, 2.05) is 30.0 Å². The number of aromatic nitrogens is 3. The summed E-state index contributed by atoms with van der Waals surface area (Å²) in [6.07, 6.45) is 7.62. The third-order valence-electron chi connectivity index (χ3n) is 15.5. The van der Waals surface area contributed by atoms with Gasteiger partial charge in [-0.2, -0.15) is 11.8 Å². The van der Waals surface area contributed by atoms with Crippen molar-refractivity contribution in [2.75, 3.05) is 38.5 Å². The Balaban J connectivity index is 1.11. The van der Waals surface area contributed by atoms with Crippen LogP contribution in [-0.4, -0.2) is 171 Å². The van der Waals surface area contributed by atoms with E-state index in [0.717, 1.165) is 29.5 Å². The Morgan fingerprint density at radius 3 is 2.17 bits per heavy atom. The first-order valence-electron chi connectivity index (χ1n) is 29.8. The van der Waals surface area contributed by atoms with Crippen molar-refractivity contribution in [2.45, 2.75) is 150 Å². The van der Waals surface area contributed by atoms with Crippen molar-refractivity contribution in [3.63, 3.8) is 0 Å². The van der Waals surface area contributed by atoms with Crippen molar-refractivity contribution in [3.8, 4) is 0 Å². The summed E-state index contributed by atoms with van der Waals surface area (Å²) >= 11 is 27.8. The fraction of sp³-hybridized carbons (Fsp3) is 0.517. The molecule has 2 aromatic carbocycles. The van der Waals surface area contributed by atoms with Gasteiger partial charge in [-0.25, -0.2) is 9.78 Å². The molecule has 0 unspecified atom stereocenters. The lowest BCUT2D eigenvalue weighted by Gasteiger charge is -2.30. The van der Waals surface area contributed by atoms with Gasteiger partial charge in [-0.1, -0.05) is 77.4 Å². The molecule has 3 saturated heterocycles. The number of benzene rings is 2. The molecule has 8 atom stereocenters. The van der Waals surface area contributed by atoms with Crippen LogP contribution in [-0.2, 0) is 62.4 Å². The molecule has 0 radical (unpaired) electrons. The van der Waals surface area contributed by atoms with Crippen LogP contribution in [0.15, 0.2) is 54.0 Å². The Bertz CT molecular complexity index is 3240. The Kier molecular flexibility index (Phi) is 26.9. The van der Waals surface area contributed by atoms with Gasteiger partial charge in [-0.15, -0.1) is 0 Å². The van der Waals surface area contributed by atoms with Crippen LogP contribution in [0.1, 0.15) is 100 Å². The van der Waals surface area contributed by atoms with E-state index in [2.05, 4.69) is 67.8 Å². The number of aromatic amines is 2. The molecule has 488 valence electrons. The number of urea groups is 1. The van der Waals surface area contributed by atoms with E-state index in [1.165, 1.54) is 23.5 Å². The van der Waals surface area contributed by atoms with Crippen molar-refractivity contribution in [2.24, 2.45) is 22.2 Å². The van der Waals surface area contributed by atoms with Crippen LogP contribution in [0.2, 0.25) is 20.1 Å². The number of guanidine groups is 1. The van der Waals surface area contributed by atoms with E-state index in [1.54, 1.807) is 12.3 Å². The number of imidazole rings is 1. The van der Waals surface area contributed by atoms with Crippen molar-refractivity contribution in [1.82, 2.24) is 67.7 Å². The number of carbonyl (C=O) groups excluding carboxylic acids is 10. The quantitative estimate of drug-likeness (QED) is 0.0119. The number of para-hydroxylation sites is 1. The molecule has 32 heteroatoms. The van der Waals surface area contributed by atoms with Crippen LogP contribution in [0.3, 0.4) is 0 Å². The van der Waals surface area contributed by atoms with Gasteiger partial charge >= 0.3 is 6.03 Å². The molecular weight excluding hydrogens is 1270 g/mol. The summed E-state index contributed by atoms with van der Waals surface area (Å²) in [6, 6.07) is 1.14. The minimum atomic E-state index is -1.66. The molecule has 0 aliphatic carbocycles. The maximum atomic E-state index is 15.0. The van der Waals surface area contributed by atoms with E-state index in [-0.39, 0.29) is 120 Å². The number of amides is 11. The highest BCUT2D eigenvalue weighted by Crippen LogP contribution is 2.39. The third-order valence-corrected chi connectivity index (χ3v) is 18.8. The largest absolute Gasteiger partial charge is 0.370 e. The van der Waals surface area contributed by atoms with Gasteiger partial charge in [-0.3, -0.25) is 48.1 Å². The highest BCUT2D eigenvalue weighted by Gasteiger charge is 2.43. The number of H-pyrrole nitrogens is 2. The van der Waals surface area contributed by atoms with Crippen LogP contribution in [0.4, 0.5) is 4.79 Å². The molecule has 11 amide bonds. The van der Waals surface area contributed by atoms with Gasteiger partial charge in [0, 0.05) is 98.3 Å². The molecule has 3 aliphatic heterocycles. The zero-order valence-electron chi connectivity index (χ0n) is 49.4. The van der Waals surface area contributed by atoms with E-state index >= 15 is 4.79 Å². The van der Waals surface area contributed by atoms with Crippen LogP contribution in [0.25, 0.3) is 10.9 Å². The summed E-state index contributed by atoms with van der Waals surface area (Å²) in [6.45, 7) is -0.206. The van der Waals surface area contributed by atoms with Crippen molar-refractivity contribution < 1.29 is 47.9 Å². The SMILES string of the molecule is NC(=O)CN1CCCCNC(=O)C[C@H](NC(=O)CCCCCNC(=O)CCCC[C@@H]2SC[C@@H]3NC(=O)N[C@@H]32)C(=O)N[C@@H](Cc2cnc[nH]2)C(=O)N[C@H](Cc2cc(Cl)c(Cl)c(Cl)c2Cl)C(=O)N[C@@H](CCCN=C(N)N)C(=O)N[C@@H](Cc2c[nH]c3ccccc23)C1=O. The van der Waals surface area contributed by atoms with E-state index < -0.39 is 96.9 Å². The average molecular weight is 1350 g/mol. The van der Waals surface area contributed by atoms with E-state index in [0.29, 0.717) is 55.2 Å². The number of thioether (sulfide) groups is 1. The number of nitrogens with zero attached hydrogens (tertiary/aromatic N) is 3. The highest BCUT2D eigenvalue weighted by molar-refractivity contribution is 8.00. The Morgan fingerprint density at radius 2 is 1.41 bits per heavy atom. The number of nitrogens with one attached hydrogen (secondary N) is 11. The second kappa shape index (κ2) is 34.6.